The van der Waals surface area contributed by atoms with Crippen LogP contribution in [0.4, 0.5) is 11.4 Å². The van der Waals surface area contributed by atoms with Crippen LogP contribution >= 0.6 is 0 Å². The summed E-state index contributed by atoms with van der Waals surface area (Å²) in [6, 6.07) is 5.26. The lowest BCUT2D eigenvalue weighted by Crippen LogP contribution is -2.26. The normalized spacial score (nSPS) is 13.5. The van der Waals surface area contributed by atoms with Gasteiger partial charge in [-0.15, -0.1) is 0 Å². The largest absolute Gasteiger partial charge is 0.315 e. The zero-order valence-electron chi connectivity index (χ0n) is 9.64. The number of aldehydes is 1. The Balaban J connectivity index is 2.36. The molecule has 1 aliphatic rings. The highest BCUT2D eigenvalue weighted by molar-refractivity contribution is 6.30. The third kappa shape index (κ3) is 1.80. The van der Waals surface area contributed by atoms with Crippen molar-refractivity contribution in [1.82, 2.24) is 0 Å². The van der Waals surface area contributed by atoms with E-state index < -0.39 is 5.91 Å². The molecule has 1 aliphatic heterocycles. The number of benzene rings is 1. The third-order valence-electron chi connectivity index (χ3n) is 2.96. The van der Waals surface area contributed by atoms with Gasteiger partial charge in [-0.1, -0.05) is 0 Å². The van der Waals surface area contributed by atoms with Gasteiger partial charge >= 0.3 is 0 Å². The van der Waals surface area contributed by atoms with Crippen LogP contribution in [0.2, 0.25) is 0 Å². The van der Waals surface area contributed by atoms with Crippen LogP contribution in [-0.4, -0.2) is 32.2 Å². The molecule has 0 saturated heterocycles. The van der Waals surface area contributed by atoms with Crippen molar-refractivity contribution in [3.8, 4) is 0 Å². The molecule has 0 fully saturated rings. The van der Waals surface area contributed by atoms with Gasteiger partial charge in [0, 0.05) is 25.5 Å². The number of hydrogen-bond acceptors (Lipinski definition) is 3. The van der Waals surface area contributed by atoms with Crippen molar-refractivity contribution in [1.29, 1.82) is 0 Å². The van der Waals surface area contributed by atoms with E-state index in [4.69, 9.17) is 0 Å². The number of likely N-dealkylation sites (N-methyl/N-ethyl adjacent to an activating group) is 2. The average molecular weight is 232 g/mol. The van der Waals surface area contributed by atoms with Crippen LogP contribution in [0.3, 0.4) is 0 Å². The van der Waals surface area contributed by atoms with Crippen LogP contribution in [0, 0.1) is 0 Å². The maximum absolute atomic E-state index is 11.5. The predicted molar refractivity (Wildman–Crippen MR) is 63.0 cm³/mol. The van der Waals surface area contributed by atoms with Crippen molar-refractivity contribution in [2.45, 2.75) is 6.42 Å². The van der Waals surface area contributed by atoms with Gasteiger partial charge in [-0.2, -0.15) is 0 Å². The number of hydrogen-bond donors (Lipinski definition) is 0. The van der Waals surface area contributed by atoms with E-state index >= 15 is 0 Å². The van der Waals surface area contributed by atoms with E-state index in [0.717, 1.165) is 11.3 Å². The van der Waals surface area contributed by atoms with Gasteiger partial charge in [0.05, 0.1) is 6.42 Å². The second-order valence-electron chi connectivity index (χ2n) is 3.96. The third-order valence-corrected chi connectivity index (χ3v) is 2.96. The fourth-order valence-corrected chi connectivity index (χ4v) is 1.87. The molecule has 0 atom stereocenters. The van der Waals surface area contributed by atoms with Gasteiger partial charge in [-0.05, 0) is 23.8 Å². The smallest absolute Gasteiger partial charge is 0.290 e. The summed E-state index contributed by atoms with van der Waals surface area (Å²) >= 11 is 0. The summed E-state index contributed by atoms with van der Waals surface area (Å²) in [7, 11) is 3.24. The summed E-state index contributed by atoms with van der Waals surface area (Å²) in [4.78, 5) is 36.0. The number of fused-ring (bicyclic) bond motifs is 1. The Morgan fingerprint density at radius 2 is 2.18 bits per heavy atom. The van der Waals surface area contributed by atoms with Gasteiger partial charge < -0.3 is 9.80 Å². The molecule has 0 spiro atoms. The maximum atomic E-state index is 11.5. The molecule has 0 aliphatic carbocycles. The molecule has 17 heavy (non-hydrogen) atoms. The molecule has 1 aromatic rings. The minimum absolute atomic E-state index is 0.0292. The first-order valence-corrected chi connectivity index (χ1v) is 5.17. The van der Waals surface area contributed by atoms with E-state index in [2.05, 4.69) is 0 Å². The summed E-state index contributed by atoms with van der Waals surface area (Å²) < 4.78 is 0. The van der Waals surface area contributed by atoms with Crippen LogP contribution in [0.5, 0.6) is 0 Å². The number of nitrogens with zero attached hydrogens (tertiary/aromatic N) is 2. The summed E-state index contributed by atoms with van der Waals surface area (Å²) in [5.41, 5.74) is 2.34. The number of carbonyl (C=O) groups excluding carboxylic acids is 3. The molecule has 88 valence electrons. The molecule has 1 aromatic carbocycles. The minimum Gasteiger partial charge on any atom is -0.315 e. The van der Waals surface area contributed by atoms with Gasteiger partial charge in [0.2, 0.25) is 12.2 Å². The minimum atomic E-state index is -0.609. The van der Waals surface area contributed by atoms with Crippen molar-refractivity contribution in [2.24, 2.45) is 0 Å². The van der Waals surface area contributed by atoms with Crippen LogP contribution in [0.25, 0.3) is 0 Å². The van der Waals surface area contributed by atoms with Crippen molar-refractivity contribution in [3.05, 3.63) is 23.8 Å². The highest BCUT2D eigenvalue weighted by atomic mass is 16.2. The zero-order valence-corrected chi connectivity index (χ0v) is 9.64. The lowest BCUT2D eigenvalue weighted by Gasteiger charge is -2.16. The quantitative estimate of drug-likeness (QED) is 0.546. The maximum Gasteiger partial charge on any atom is 0.290 e. The van der Waals surface area contributed by atoms with Crippen LogP contribution in [-0.2, 0) is 20.8 Å². The lowest BCUT2D eigenvalue weighted by molar-refractivity contribution is -0.129. The first-order valence-electron chi connectivity index (χ1n) is 5.17. The first-order chi connectivity index (χ1) is 8.04. The molecule has 0 unspecified atom stereocenters. The van der Waals surface area contributed by atoms with Crippen LogP contribution < -0.4 is 9.80 Å². The monoisotopic (exact) mass is 232 g/mol. The summed E-state index contributed by atoms with van der Waals surface area (Å²) in [6.45, 7) is 0. The van der Waals surface area contributed by atoms with E-state index in [1.54, 1.807) is 30.1 Å². The van der Waals surface area contributed by atoms with Gasteiger partial charge in [-0.3, -0.25) is 14.4 Å². The average Bonchev–Trinajstić information content (AvgIpc) is 2.62. The molecule has 0 N–H and O–H groups in total. The van der Waals surface area contributed by atoms with Crippen molar-refractivity contribution in [3.63, 3.8) is 0 Å². The number of anilines is 2. The van der Waals surface area contributed by atoms with Gasteiger partial charge in [-0.25, -0.2) is 0 Å². The second-order valence-corrected chi connectivity index (χ2v) is 3.96. The fraction of sp³-hybridized carbons (Fsp3) is 0.250. The molecule has 0 radical (unpaired) electrons. The Hall–Kier alpha value is -2.17. The van der Waals surface area contributed by atoms with Crippen molar-refractivity contribution in [2.75, 3.05) is 23.9 Å². The Labute approximate surface area is 98.6 Å². The highest BCUT2D eigenvalue weighted by Crippen LogP contribution is 2.30. The SMILES string of the molecule is CN(C(=O)C=O)c1ccc2c(c1)CC(=O)N2C. The molecule has 0 bridgehead atoms. The molecular formula is C12H12N2O3. The topological polar surface area (TPSA) is 57.7 Å². The van der Waals surface area contributed by atoms with Crippen molar-refractivity contribution < 1.29 is 14.4 Å². The first kappa shape index (κ1) is 11.3. The summed E-state index contributed by atoms with van der Waals surface area (Å²) in [5, 5.41) is 0. The van der Waals surface area contributed by atoms with E-state index in [1.807, 2.05) is 0 Å². The summed E-state index contributed by atoms with van der Waals surface area (Å²) in [5.74, 6) is -0.579. The van der Waals surface area contributed by atoms with E-state index in [9.17, 15) is 14.4 Å². The van der Waals surface area contributed by atoms with Gasteiger partial charge in [0.1, 0.15) is 0 Å². The van der Waals surface area contributed by atoms with Gasteiger partial charge in [0.25, 0.3) is 5.91 Å². The molecule has 0 saturated carbocycles. The van der Waals surface area contributed by atoms with E-state index in [-0.39, 0.29) is 12.2 Å². The highest BCUT2D eigenvalue weighted by Gasteiger charge is 2.24. The second kappa shape index (κ2) is 4.01. The zero-order chi connectivity index (χ0) is 12.6. The van der Waals surface area contributed by atoms with Crippen LogP contribution in [0.15, 0.2) is 18.2 Å². The van der Waals surface area contributed by atoms with E-state index in [1.165, 1.54) is 11.9 Å². The van der Waals surface area contributed by atoms with E-state index in [0.29, 0.717) is 12.1 Å². The Morgan fingerprint density at radius 1 is 1.47 bits per heavy atom. The van der Waals surface area contributed by atoms with Crippen LogP contribution in [0.1, 0.15) is 5.56 Å². The lowest BCUT2D eigenvalue weighted by atomic mass is 10.1. The number of rotatable bonds is 2. The molecule has 5 heteroatoms. The molecular weight excluding hydrogens is 220 g/mol. The summed E-state index contributed by atoms with van der Waals surface area (Å²) in [6.07, 6.45) is 0.604. The Kier molecular flexibility index (Phi) is 2.67. The Morgan fingerprint density at radius 3 is 2.82 bits per heavy atom. The fourth-order valence-electron chi connectivity index (χ4n) is 1.87. The Bertz CT molecular complexity index is 510. The predicted octanol–water partition coefficient (Wildman–Crippen LogP) is 0.367. The standard InChI is InChI=1S/C12H12N2O3/c1-13(12(17)7-15)9-3-4-10-8(5-9)6-11(16)14(10)2/h3-5,7H,6H2,1-2H3. The molecule has 5 nitrogen and oxygen atoms in total. The number of amides is 2. The molecule has 0 aromatic heterocycles. The molecule has 2 amide bonds. The molecule has 1 heterocycles. The number of carbonyl (C=O) groups is 3. The van der Waals surface area contributed by atoms with Crippen molar-refractivity contribution >= 4 is 29.5 Å². The molecule has 2 rings (SSSR count). The van der Waals surface area contributed by atoms with Gasteiger partial charge in [0.15, 0.2) is 0 Å².